The highest BCUT2D eigenvalue weighted by atomic mass is 35.5. The maximum Gasteiger partial charge on any atom is 0.221 e. The van der Waals surface area contributed by atoms with Crippen molar-refractivity contribution in [1.82, 2.24) is 10.6 Å². The smallest absolute Gasteiger partial charge is 0.221 e. The van der Waals surface area contributed by atoms with E-state index in [0.29, 0.717) is 13.0 Å². The lowest BCUT2D eigenvalue weighted by Crippen LogP contribution is -2.42. The van der Waals surface area contributed by atoms with Gasteiger partial charge in [0.1, 0.15) is 17.6 Å². The Bertz CT molecular complexity index is 467. The molecule has 0 spiro atoms. The Hall–Kier alpha value is -1.11. The highest BCUT2D eigenvalue weighted by Gasteiger charge is 2.17. The van der Waals surface area contributed by atoms with Crippen molar-refractivity contribution < 1.29 is 14.3 Å². The summed E-state index contributed by atoms with van der Waals surface area (Å²) in [6.07, 6.45) is 0.452. The molecule has 1 fully saturated rings. The van der Waals surface area contributed by atoms with E-state index in [4.69, 9.17) is 9.47 Å². The fraction of sp³-hybridized carbons (Fsp3) is 0.562. The van der Waals surface area contributed by atoms with Gasteiger partial charge in [0.2, 0.25) is 5.91 Å². The summed E-state index contributed by atoms with van der Waals surface area (Å²) in [5.41, 5.74) is 0. The van der Waals surface area contributed by atoms with Gasteiger partial charge in [0.25, 0.3) is 0 Å². The van der Waals surface area contributed by atoms with Gasteiger partial charge < -0.3 is 20.1 Å². The fourth-order valence-electron chi connectivity index (χ4n) is 2.23. The molecule has 0 aromatic heterocycles. The Morgan fingerprint density at radius 1 is 1.39 bits per heavy atom. The van der Waals surface area contributed by atoms with Crippen molar-refractivity contribution in [3.63, 3.8) is 0 Å². The molecule has 1 aromatic rings. The number of rotatable bonds is 7. The van der Waals surface area contributed by atoms with E-state index in [-0.39, 0.29) is 30.5 Å². The van der Waals surface area contributed by atoms with Crippen molar-refractivity contribution in [3.05, 3.63) is 24.3 Å². The van der Waals surface area contributed by atoms with Crippen LogP contribution in [0.3, 0.4) is 0 Å². The molecule has 130 valence electrons. The lowest BCUT2D eigenvalue weighted by Gasteiger charge is -2.23. The highest BCUT2D eigenvalue weighted by Crippen LogP contribution is 2.18. The second kappa shape index (κ2) is 10.6. The molecule has 1 aliphatic rings. The fourth-order valence-corrected chi connectivity index (χ4v) is 3.18. The van der Waals surface area contributed by atoms with Gasteiger partial charge in [0, 0.05) is 30.5 Å². The summed E-state index contributed by atoms with van der Waals surface area (Å²) < 4.78 is 10.9. The van der Waals surface area contributed by atoms with E-state index in [0.717, 1.165) is 29.5 Å². The van der Waals surface area contributed by atoms with E-state index < -0.39 is 0 Å². The Morgan fingerprint density at radius 2 is 2.09 bits per heavy atom. The Kier molecular flexibility index (Phi) is 9.21. The van der Waals surface area contributed by atoms with Crippen molar-refractivity contribution >= 4 is 30.1 Å². The number of amides is 1. The molecular formula is C16H25ClN2O3S. The first kappa shape index (κ1) is 19.9. The number of methoxy groups -OCH3 is 1. The van der Waals surface area contributed by atoms with Crippen LogP contribution in [0.15, 0.2) is 24.3 Å². The molecule has 0 aliphatic carbocycles. The topological polar surface area (TPSA) is 59.6 Å². The van der Waals surface area contributed by atoms with Gasteiger partial charge in [-0.15, -0.1) is 12.4 Å². The van der Waals surface area contributed by atoms with Crippen molar-refractivity contribution in [1.29, 1.82) is 0 Å². The normalized spacial score (nSPS) is 18.4. The van der Waals surface area contributed by atoms with Crippen LogP contribution in [-0.2, 0) is 4.79 Å². The predicted octanol–water partition coefficient (Wildman–Crippen LogP) is 2.10. The van der Waals surface area contributed by atoms with Crippen molar-refractivity contribution in [2.45, 2.75) is 25.5 Å². The maximum atomic E-state index is 11.9. The number of carbonyl (C=O) groups excluding carboxylic acids is 1. The van der Waals surface area contributed by atoms with Gasteiger partial charge in [-0.25, -0.2) is 0 Å². The zero-order valence-electron chi connectivity index (χ0n) is 13.5. The van der Waals surface area contributed by atoms with Crippen LogP contribution in [-0.4, -0.2) is 49.8 Å². The van der Waals surface area contributed by atoms with Crippen LogP contribution in [0.2, 0.25) is 0 Å². The number of thioether (sulfide) groups is 1. The number of ether oxygens (including phenoxy) is 2. The van der Waals surface area contributed by atoms with Gasteiger partial charge in [0.15, 0.2) is 0 Å². The van der Waals surface area contributed by atoms with Crippen molar-refractivity contribution in [2.75, 3.05) is 31.7 Å². The minimum absolute atomic E-state index is 0. The summed E-state index contributed by atoms with van der Waals surface area (Å²) in [5.74, 6) is 3.78. The van der Waals surface area contributed by atoms with Gasteiger partial charge in [0.05, 0.1) is 13.7 Å². The third-order valence-electron chi connectivity index (χ3n) is 3.41. The summed E-state index contributed by atoms with van der Waals surface area (Å²) in [6, 6.07) is 7.72. The Balaban J connectivity index is 0.00000264. The van der Waals surface area contributed by atoms with Gasteiger partial charge in [-0.2, -0.15) is 11.8 Å². The average molecular weight is 361 g/mol. The third kappa shape index (κ3) is 7.33. The number of halogens is 1. The summed E-state index contributed by atoms with van der Waals surface area (Å²) in [5, 5.41) is 6.30. The summed E-state index contributed by atoms with van der Waals surface area (Å²) in [4.78, 5) is 11.9. The minimum Gasteiger partial charge on any atom is -0.497 e. The first-order chi connectivity index (χ1) is 10.7. The zero-order valence-corrected chi connectivity index (χ0v) is 15.2. The molecule has 2 N–H and O–H groups in total. The molecule has 1 amide bonds. The van der Waals surface area contributed by atoms with Gasteiger partial charge in [-0.3, -0.25) is 4.79 Å². The summed E-state index contributed by atoms with van der Waals surface area (Å²) in [7, 11) is 1.63. The molecule has 2 rings (SSSR count). The molecule has 2 atom stereocenters. The molecule has 1 heterocycles. The lowest BCUT2D eigenvalue weighted by molar-refractivity contribution is -0.121. The van der Waals surface area contributed by atoms with E-state index in [1.54, 1.807) is 7.11 Å². The molecule has 1 aromatic carbocycles. The zero-order chi connectivity index (χ0) is 15.8. The van der Waals surface area contributed by atoms with Crippen LogP contribution in [0.4, 0.5) is 0 Å². The van der Waals surface area contributed by atoms with E-state index in [9.17, 15) is 4.79 Å². The largest absolute Gasteiger partial charge is 0.497 e. The maximum absolute atomic E-state index is 11.9. The SMILES string of the molecule is COc1ccc(OC(C)CNC(=O)CC2CSCCN2)cc1.Cl. The van der Waals surface area contributed by atoms with E-state index in [1.807, 2.05) is 43.0 Å². The van der Waals surface area contributed by atoms with Crippen LogP contribution in [0.1, 0.15) is 13.3 Å². The number of nitrogens with one attached hydrogen (secondary N) is 2. The van der Waals surface area contributed by atoms with Crippen LogP contribution < -0.4 is 20.1 Å². The number of hydrogen-bond donors (Lipinski definition) is 2. The lowest BCUT2D eigenvalue weighted by atomic mass is 10.2. The molecule has 1 aliphatic heterocycles. The Morgan fingerprint density at radius 3 is 2.70 bits per heavy atom. The van der Waals surface area contributed by atoms with Crippen LogP contribution in [0.5, 0.6) is 11.5 Å². The first-order valence-electron chi connectivity index (χ1n) is 7.56. The average Bonchev–Trinajstić information content (AvgIpc) is 2.55. The molecule has 2 unspecified atom stereocenters. The summed E-state index contributed by atoms with van der Waals surface area (Å²) >= 11 is 1.90. The van der Waals surface area contributed by atoms with E-state index >= 15 is 0 Å². The molecule has 0 radical (unpaired) electrons. The van der Waals surface area contributed by atoms with E-state index in [2.05, 4.69) is 10.6 Å². The predicted molar refractivity (Wildman–Crippen MR) is 97.1 cm³/mol. The molecule has 23 heavy (non-hydrogen) atoms. The van der Waals surface area contributed by atoms with Crippen molar-refractivity contribution in [3.8, 4) is 11.5 Å². The molecule has 7 heteroatoms. The van der Waals surface area contributed by atoms with E-state index in [1.165, 1.54) is 0 Å². The minimum atomic E-state index is -0.0777. The van der Waals surface area contributed by atoms with Gasteiger partial charge >= 0.3 is 0 Å². The quantitative estimate of drug-likeness (QED) is 0.779. The molecule has 5 nitrogen and oxygen atoms in total. The molecular weight excluding hydrogens is 336 g/mol. The van der Waals surface area contributed by atoms with Crippen LogP contribution in [0.25, 0.3) is 0 Å². The second-order valence-corrected chi connectivity index (χ2v) is 6.49. The van der Waals surface area contributed by atoms with Gasteiger partial charge in [-0.1, -0.05) is 0 Å². The number of carbonyl (C=O) groups is 1. The molecule has 0 bridgehead atoms. The standard InChI is InChI=1S/C16H24N2O3S.ClH/c1-12(21-15-5-3-14(20-2)4-6-15)10-18-16(19)9-13-11-22-8-7-17-13;/h3-6,12-13,17H,7-11H2,1-2H3,(H,18,19);1H. The van der Waals surface area contributed by atoms with Gasteiger partial charge in [-0.05, 0) is 31.2 Å². The number of benzene rings is 1. The summed E-state index contributed by atoms with van der Waals surface area (Å²) in [6.45, 7) is 3.43. The number of hydrogen-bond acceptors (Lipinski definition) is 5. The van der Waals surface area contributed by atoms with Crippen LogP contribution >= 0.6 is 24.2 Å². The molecule has 1 saturated heterocycles. The highest BCUT2D eigenvalue weighted by molar-refractivity contribution is 7.99. The monoisotopic (exact) mass is 360 g/mol. The first-order valence-corrected chi connectivity index (χ1v) is 8.71. The molecule has 0 saturated carbocycles. The second-order valence-electron chi connectivity index (χ2n) is 5.34. The Labute approximate surface area is 148 Å². The third-order valence-corrected chi connectivity index (χ3v) is 4.54. The van der Waals surface area contributed by atoms with Crippen molar-refractivity contribution in [2.24, 2.45) is 0 Å². The van der Waals surface area contributed by atoms with Crippen LogP contribution in [0, 0.1) is 0 Å².